The van der Waals surface area contributed by atoms with Crippen molar-refractivity contribution >= 4 is 50.4 Å². The number of aromatic nitrogens is 5. The summed E-state index contributed by atoms with van der Waals surface area (Å²) in [6, 6.07) is 16.1. The first-order valence-corrected chi connectivity index (χ1v) is 12.2. The monoisotopic (exact) mass is 482 g/mol. The summed E-state index contributed by atoms with van der Waals surface area (Å²) in [6.45, 7) is 0. The van der Waals surface area contributed by atoms with Crippen LogP contribution in [0.4, 0.5) is 9.52 Å². The molecule has 1 N–H and O–H groups in total. The Hall–Kier alpha value is -3.15. The van der Waals surface area contributed by atoms with Crippen molar-refractivity contribution in [3.63, 3.8) is 0 Å². The van der Waals surface area contributed by atoms with Gasteiger partial charge >= 0.3 is 0 Å². The van der Waals surface area contributed by atoms with Gasteiger partial charge in [0.2, 0.25) is 10.9 Å². The summed E-state index contributed by atoms with van der Waals surface area (Å²) in [5.74, 6) is 0.457. The van der Waals surface area contributed by atoms with Crippen LogP contribution in [0.1, 0.15) is 10.4 Å². The minimum atomic E-state index is -0.260. The van der Waals surface area contributed by atoms with E-state index in [9.17, 15) is 9.18 Å². The predicted octanol–water partition coefficient (Wildman–Crippen LogP) is 4.77. The summed E-state index contributed by atoms with van der Waals surface area (Å²) in [5, 5.41) is 16.3. The average molecular weight is 483 g/mol. The van der Waals surface area contributed by atoms with Gasteiger partial charge in [0.05, 0.1) is 5.75 Å². The van der Waals surface area contributed by atoms with Crippen molar-refractivity contribution in [2.45, 2.75) is 10.8 Å². The SMILES string of the molecule is O=C(CSc1nn2c(-c3ccccc3)nnc2s1)Nc1ncc(Cc2ccc(F)cc2)s1. The minimum absolute atomic E-state index is 0.160. The van der Waals surface area contributed by atoms with E-state index in [4.69, 9.17) is 0 Å². The van der Waals surface area contributed by atoms with Crippen LogP contribution in [0.3, 0.4) is 0 Å². The second kappa shape index (κ2) is 9.15. The number of carbonyl (C=O) groups excluding carboxylic acids is 1. The normalized spacial score (nSPS) is 11.2. The number of amides is 1. The lowest BCUT2D eigenvalue weighted by Gasteiger charge is -2.00. The molecule has 3 heterocycles. The van der Waals surface area contributed by atoms with Crippen molar-refractivity contribution in [2.24, 2.45) is 0 Å². The molecule has 0 aliphatic heterocycles. The summed E-state index contributed by atoms with van der Waals surface area (Å²) in [6.07, 6.45) is 2.37. The minimum Gasteiger partial charge on any atom is -0.301 e. The third kappa shape index (κ3) is 4.69. The quantitative estimate of drug-likeness (QED) is 0.337. The number of thiazole rings is 1. The number of thioether (sulfide) groups is 1. The molecule has 2 aromatic carbocycles. The molecular weight excluding hydrogens is 467 g/mol. The number of hydrogen-bond acceptors (Lipinski definition) is 8. The standard InChI is InChI=1S/C21H15FN6OS3/c22-15-8-6-13(7-9-15)10-16-11-23-19(31-16)24-17(29)12-30-21-27-28-18(25-26-20(28)32-21)14-4-2-1-3-5-14/h1-9,11H,10,12H2,(H,23,24,29). The molecule has 0 saturated heterocycles. The van der Waals surface area contributed by atoms with Crippen molar-refractivity contribution in [1.29, 1.82) is 0 Å². The van der Waals surface area contributed by atoms with E-state index in [1.165, 1.54) is 46.6 Å². The Morgan fingerprint density at radius 3 is 2.69 bits per heavy atom. The summed E-state index contributed by atoms with van der Waals surface area (Å²) in [4.78, 5) is 18.3. The van der Waals surface area contributed by atoms with E-state index >= 15 is 0 Å². The maximum Gasteiger partial charge on any atom is 0.236 e. The van der Waals surface area contributed by atoms with E-state index in [-0.39, 0.29) is 17.5 Å². The van der Waals surface area contributed by atoms with Gasteiger partial charge in [0, 0.05) is 23.1 Å². The third-order valence-electron chi connectivity index (χ3n) is 4.42. The zero-order valence-electron chi connectivity index (χ0n) is 16.4. The summed E-state index contributed by atoms with van der Waals surface area (Å²) in [5.41, 5.74) is 1.92. The van der Waals surface area contributed by atoms with Gasteiger partial charge in [-0.1, -0.05) is 65.6 Å². The molecule has 11 heteroatoms. The zero-order valence-corrected chi connectivity index (χ0v) is 18.9. The molecule has 1 amide bonds. The highest BCUT2D eigenvalue weighted by atomic mass is 32.2. The Balaban J connectivity index is 1.18. The molecule has 0 fully saturated rings. The number of anilines is 1. The fraction of sp³-hybridized carbons (Fsp3) is 0.0952. The largest absolute Gasteiger partial charge is 0.301 e. The molecule has 0 saturated carbocycles. The third-order valence-corrected chi connectivity index (χ3v) is 7.37. The van der Waals surface area contributed by atoms with Crippen LogP contribution in [0.15, 0.2) is 65.1 Å². The molecule has 0 atom stereocenters. The molecule has 160 valence electrons. The first-order valence-electron chi connectivity index (χ1n) is 9.53. The molecule has 0 bridgehead atoms. The van der Waals surface area contributed by atoms with Crippen LogP contribution >= 0.6 is 34.4 Å². The fourth-order valence-corrected chi connectivity index (χ4v) is 5.50. The van der Waals surface area contributed by atoms with Crippen LogP contribution in [-0.4, -0.2) is 36.5 Å². The Morgan fingerprint density at radius 2 is 1.88 bits per heavy atom. The lowest BCUT2D eigenvalue weighted by Crippen LogP contribution is -2.13. The summed E-state index contributed by atoms with van der Waals surface area (Å²) < 4.78 is 15.5. The Kier molecular flexibility index (Phi) is 5.93. The van der Waals surface area contributed by atoms with E-state index < -0.39 is 0 Å². The molecule has 5 rings (SSSR count). The maximum atomic E-state index is 13.0. The van der Waals surface area contributed by atoms with Crippen LogP contribution in [0.2, 0.25) is 0 Å². The van der Waals surface area contributed by atoms with Gasteiger partial charge in [0.15, 0.2) is 15.3 Å². The number of halogens is 1. The van der Waals surface area contributed by atoms with Crippen LogP contribution in [-0.2, 0) is 11.2 Å². The van der Waals surface area contributed by atoms with Crippen molar-refractivity contribution < 1.29 is 9.18 Å². The highest BCUT2D eigenvalue weighted by molar-refractivity contribution is 8.01. The van der Waals surface area contributed by atoms with Crippen LogP contribution in [0, 0.1) is 5.82 Å². The van der Waals surface area contributed by atoms with Crippen LogP contribution in [0.5, 0.6) is 0 Å². The van der Waals surface area contributed by atoms with Gasteiger partial charge in [-0.15, -0.1) is 26.6 Å². The molecule has 0 aliphatic rings. The second-order valence-electron chi connectivity index (χ2n) is 6.72. The molecule has 32 heavy (non-hydrogen) atoms. The second-order valence-corrected chi connectivity index (χ2v) is 10.0. The van der Waals surface area contributed by atoms with E-state index in [0.717, 1.165) is 20.3 Å². The van der Waals surface area contributed by atoms with Gasteiger partial charge < -0.3 is 5.32 Å². The van der Waals surface area contributed by atoms with Gasteiger partial charge in [-0.3, -0.25) is 4.79 Å². The maximum absolute atomic E-state index is 13.0. The number of rotatable bonds is 7. The lowest BCUT2D eigenvalue weighted by molar-refractivity contribution is -0.113. The van der Waals surface area contributed by atoms with Crippen molar-refractivity contribution in [2.75, 3.05) is 11.1 Å². The molecule has 3 aromatic heterocycles. The number of carbonyl (C=O) groups is 1. The van der Waals surface area contributed by atoms with Crippen LogP contribution in [0.25, 0.3) is 16.3 Å². The van der Waals surface area contributed by atoms with Gasteiger partial charge in [0.1, 0.15) is 5.82 Å². The molecular formula is C21H15FN6OS3. The smallest absolute Gasteiger partial charge is 0.236 e. The Morgan fingerprint density at radius 1 is 1.06 bits per heavy atom. The number of fused-ring (bicyclic) bond motifs is 1. The molecule has 0 unspecified atom stereocenters. The predicted molar refractivity (Wildman–Crippen MR) is 125 cm³/mol. The highest BCUT2D eigenvalue weighted by Gasteiger charge is 2.15. The molecule has 0 spiro atoms. The zero-order chi connectivity index (χ0) is 21.9. The first kappa shape index (κ1) is 20.7. The van der Waals surface area contributed by atoms with E-state index in [0.29, 0.717) is 22.3 Å². The van der Waals surface area contributed by atoms with E-state index in [1.54, 1.807) is 22.8 Å². The molecule has 0 radical (unpaired) electrons. The average Bonchev–Trinajstić information content (AvgIpc) is 3.51. The van der Waals surface area contributed by atoms with Crippen molar-refractivity contribution in [3.8, 4) is 11.4 Å². The van der Waals surface area contributed by atoms with Gasteiger partial charge in [0.25, 0.3) is 0 Å². The van der Waals surface area contributed by atoms with E-state index in [1.807, 2.05) is 30.3 Å². The van der Waals surface area contributed by atoms with Crippen LogP contribution < -0.4 is 5.32 Å². The highest BCUT2D eigenvalue weighted by Crippen LogP contribution is 2.28. The number of hydrogen-bond donors (Lipinski definition) is 1. The number of nitrogens with zero attached hydrogens (tertiary/aromatic N) is 5. The Labute approximate surface area is 194 Å². The number of benzene rings is 2. The topological polar surface area (TPSA) is 85.1 Å². The van der Waals surface area contributed by atoms with Gasteiger partial charge in [-0.05, 0) is 17.7 Å². The van der Waals surface area contributed by atoms with Gasteiger partial charge in [-0.25, -0.2) is 9.37 Å². The van der Waals surface area contributed by atoms with Crippen molar-refractivity contribution in [3.05, 3.63) is 77.1 Å². The lowest BCUT2D eigenvalue weighted by atomic mass is 10.1. The first-order chi connectivity index (χ1) is 15.6. The fourth-order valence-electron chi connectivity index (χ4n) is 2.96. The molecule has 7 nitrogen and oxygen atoms in total. The van der Waals surface area contributed by atoms with E-state index in [2.05, 4.69) is 25.6 Å². The molecule has 0 aliphatic carbocycles. The van der Waals surface area contributed by atoms with Gasteiger partial charge in [-0.2, -0.15) is 4.52 Å². The Bertz CT molecular complexity index is 1360. The summed E-state index contributed by atoms with van der Waals surface area (Å²) in [7, 11) is 0. The summed E-state index contributed by atoms with van der Waals surface area (Å²) >= 11 is 4.13. The van der Waals surface area contributed by atoms with Crippen molar-refractivity contribution in [1.82, 2.24) is 24.8 Å². The molecule has 5 aromatic rings. The number of nitrogens with one attached hydrogen (secondary N) is 1.